The summed E-state index contributed by atoms with van der Waals surface area (Å²) in [5.74, 6) is 2.07. The van der Waals surface area contributed by atoms with Gasteiger partial charge in [0.1, 0.15) is 11.0 Å². The molecule has 0 bridgehead atoms. The molecule has 0 aliphatic heterocycles. The van der Waals surface area contributed by atoms with Gasteiger partial charge in [0.15, 0.2) is 0 Å². The van der Waals surface area contributed by atoms with Crippen LogP contribution in [0.3, 0.4) is 0 Å². The highest BCUT2D eigenvalue weighted by Gasteiger charge is 2.19. The Bertz CT molecular complexity index is 627. The second kappa shape index (κ2) is 6.99. The average molecular weight is 339 g/mol. The van der Waals surface area contributed by atoms with Gasteiger partial charge < -0.3 is 0 Å². The zero-order valence-corrected chi connectivity index (χ0v) is 13.9. The molecule has 1 saturated carbocycles. The molecule has 2 aromatic rings. The molecule has 1 aliphatic rings. The lowest BCUT2D eigenvalue weighted by Gasteiger charge is -2.10. The molecule has 0 amide bonds. The second-order valence-electron chi connectivity index (χ2n) is 5.26. The quantitative estimate of drug-likeness (QED) is 0.525. The van der Waals surface area contributed by atoms with E-state index in [0.717, 1.165) is 21.4 Å². The lowest BCUT2D eigenvalue weighted by Crippen LogP contribution is -2.02. The molecule has 0 saturated heterocycles. The van der Waals surface area contributed by atoms with Crippen LogP contribution in [0.15, 0.2) is 35.2 Å². The minimum atomic E-state index is 0.550. The van der Waals surface area contributed by atoms with E-state index in [9.17, 15) is 0 Å². The first kappa shape index (κ1) is 15.1. The topological polar surface area (TPSA) is 25.8 Å². The van der Waals surface area contributed by atoms with Gasteiger partial charge in [0, 0.05) is 21.5 Å². The maximum absolute atomic E-state index is 6.15. The minimum Gasteiger partial charge on any atom is -0.237 e. The van der Waals surface area contributed by atoms with Crippen molar-refractivity contribution >= 4 is 35.0 Å². The Morgan fingerprint density at radius 3 is 2.67 bits per heavy atom. The van der Waals surface area contributed by atoms with Gasteiger partial charge in [0.05, 0.1) is 5.75 Å². The second-order valence-corrected chi connectivity index (χ2v) is 7.13. The average Bonchev–Trinajstić information content (AvgIpc) is 2.99. The van der Waals surface area contributed by atoms with Crippen LogP contribution in [0.4, 0.5) is 0 Å². The van der Waals surface area contributed by atoms with Gasteiger partial charge in [-0.25, -0.2) is 9.97 Å². The van der Waals surface area contributed by atoms with Crippen molar-refractivity contribution < 1.29 is 0 Å². The summed E-state index contributed by atoms with van der Waals surface area (Å²) in [6.07, 6.45) is 5.01. The molecule has 21 heavy (non-hydrogen) atoms. The van der Waals surface area contributed by atoms with Crippen molar-refractivity contribution in [1.82, 2.24) is 9.97 Å². The van der Waals surface area contributed by atoms with Crippen LogP contribution in [0, 0.1) is 0 Å². The van der Waals surface area contributed by atoms with Gasteiger partial charge in [-0.2, -0.15) is 0 Å². The van der Waals surface area contributed by atoms with Crippen LogP contribution in [0.1, 0.15) is 43.1 Å². The van der Waals surface area contributed by atoms with Crippen molar-refractivity contribution in [2.75, 3.05) is 0 Å². The van der Waals surface area contributed by atoms with E-state index < -0.39 is 0 Å². The predicted molar refractivity (Wildman–Crippen MR) is 89.3 cm³/mol. The highest BCUT2D eigenvalue weighted by Crippen LogP contribution is 2.34. The third-order valence-corrected chi connectivity index (χ3v) is 5.12. The molecule has 1 aliphatic carbocycles. The molecule has 5 heteroatoms. The van der Waals surface area contributed by atoms with Crippen molar-refractivity contribution in [3.05, 3.63) is 52.0 Å². The Hall–Kier alpha value is -0.770. The van der Waals surface area contributed by atoms with E-state index in [2.05, 4.69) is 4.98 Å². The molecule has 2 nitrogen and oxygen atoms in total. The van der Waals surface area contributed by atoms with E-state index in [4.69, 9.17) is 28.2 Å². The van der Waals surface area contributed by atoms with E-state index in [1.54, 1.807) is 11.8 Å². The summed E-state index contributed by atoms with van der Waals surface area (Å²) in [4.78, 5) is 10.2. The Morgan fingerprint density at radius 1 is 1.10 bits per heavy atom. The maximum Gasteiger partial charge on any atom is 0.140 e. The smallest absolute Gasteiger partial charge is 0.140 e. The van der Waals surface area contributed by atoms with E-state index >= 15 is 0 Å². The molecule has 110 valence electrons. The van der Waals surface area contributed by atoms with E-state index in [1.165, 1.54) is 25.7 Å². The lowest BCUT2D eigenvalue weighted by molar-refractivity contribution is 0.688. The van der Waals surface area contributed by atoms with Crippen LogP contribution in [0.5, 0.6) is 0 Å². The van der Waals surface area contributed by atoms with E-state index in [-0.39, 0.29) is 0 Å². The molecular weight excluding hydrogens is 323 g/mol. The number of hydrogen-bond donors (Lipinski definition) is 0. The van der Waals surface area contributed by atoms with Crippen molar-refractivity contribution in [2.45, 2.75) is 42.2 Å². The summed E-state index contributed by atoms with van der Waals surface area (Å²) in [5, 5.41) is 1.30. The number of thioether (sulfide) groups is 1. The number of hydrogen-bond acceptors (Lipinski definition) is 3. The number of rotatable bonds is 4. The van der Waals surface area contributed by atoms with Gasteiger partial charge in [-0.1, -0.05) is 42.1 Å². The largest absolute Gasteiger partial charge is 0.237 e. The Morgan fingerprint density at radius 2 is 1.90 bits per heavy atom. The first-order valence-corrected chi connectivity index (χ1v) is 8.86. The summed E-state index contributed by atoms with van der Waals surface area (Å²) in [6.45, 7) is 0. The van der Waals surface area contributed by atoms with Gasteiger partial charge >= 0.3 is 0 Å². The number of benzene rings is 1. The van der Waals surface area contributed by atoms with E-state index in [0.29, 0.717) is 16.8 Å². The molecule has 0 spiro atoms. The summed E-state index contributed by atoms with van der Waals surface area (Å²) in [7, 11) is 0. The SMILES string of the molecule is Clc1cccc(SCc2nc(Cl)cc(C3CCCC3)n2)c1. The first-order valence-electron chi connectivity index (χ1n) is 7.12. The van der Waals surface area contributed by atoms with Gasteiger partial charge in [0.25, 0.3) is 0 Å². The monoisotopic (exact) mass is 338 g/mol. The molecule has 1 fully saturated rings. The normalized spacial score (nSPS) is 15.5. The summed E-state index contributed by atoms with van der Waals surface area (Å²) in [5.41, 5.74) is 1.11. The van der Waals surface area contributed by atoms with Crippen molar-refractivity contribution in [1.29, 1.82) is 0 Å². The minimum absolute atomic E-state index is 0.550. The summed E-state index contributed by atoms with van der Waals surface area (Å²) >= 11 is 13.8. The molecule has 1 heterocycles. The molecule has 1 aromatic carbocycles. The summed E-state index contributed by atoms with van der Waals surface area (Å²) < 4.78 is 0. The van der Waals surface area contributed by atoms with Crippen LogP contribution in [0.25, 0.3) is 0 Å². The van der Waals surface area contributed by atoms with Crippen LogP contribution >= 0.6 is 35.0 Å². The lowest BCUT2D eigenvalue weighted by atomic mass is 10.0. The molecule has 3 rings (SSSR count). The van der Waals surface area contributed by atoms with Crippen LogP contribution in [-0.4, -0.2) is 9.97 Å². The fraction of sp³-hybridized carbons (Fsp3) is 0.375. The van der Waals surface area contributed by atoms with Gasteiger partial charge in [-0.3, -0.25) is 0 Å². The number of aromatic nitrogens is 2. The number of nitrogens with zero attached hydrogens (tertiary/aromatic N) is 2. The van der Waals surface area contributed by atoms with E-state index in [1.807, 2.05) is 30.3 Å². The standard InChI is InChI=1S/C16H16Cl2N2S/c17-12-6-3-7-13(8-12)21-10-16-19-14(9-15(18)20-16)11-4-1-2-5-11/h3,6-9,11H,1-2,4-5,10H2. The van der Waals surface area contributed by atoms with Gasteiger partial charge in [0.2, 0.25) is 0 Å². The predicted octanol–water partition coefficient (Wildman–Crippen LogP) is 5.73. The molecular formula is C16H16Cl2N2S. The van der Waals surface area contributed by atoms with Crippen molar-refractivity contribution in [3.63, 3.8) is 0 Å². The van der Waals surface area contributed by atoms with Gasteiger partial charge in [-0.05, 0) is 37.1 Å². The molecule has 1 aromatic heterocycles. The number of halogens is 2. The maximum atomic E-state index is 6.15. The van der Waals surface area contributed by atoms with Crippen LogP contribution in [0.2, 0.25) is 10.2 Å². The van der Waals surface area contributed by atoms with Gasteiger partial charge in [-0.15, -0.1) is 11.8 Å². The van der Waals surface area contributed by atoms with Crippen LogP contribution < -0.4 is 0 Å². The molecule has 0 unspecified atom stereocenters. The highest BCUT2D eigenvalue weighted by molar-refractivity contribution is 7.98. The first-order chi connectivity index (χ1) is 10.2. The van der Waals surface area contributed by atoms with Crippen molar-refractivity contribution in [3.8, 4) is 0 Å². The zero-order valence-electron chi connectivity index (χ0n) is 11.6. The molecule has 0 N–H and O–H groups in total. The molecule has 0 atom stereocenters. The fourth-order valence-corrected chi connectivity index (χ4v) is 3.96. The Balaban J connectivity index is 1.72. The summed E-state index contributed by atoms with van der Waals surface area (Å²) in [6, 6.07) is 9.74. The Kier molecular flexibility index (Phi) is 5.04. The third-order valence-electron chi connectivity index (χ3n) is 3.70. The molecule has 0 radical (unpaired) electrons. The highest BCUT2D eigenvalue weighted by atomic mass is 35.5. The Labute approximate surface area is 139 Å². The van der Waals surface area contributed by atoms with Crippen molar-refractivity contribution in [2.24, 2.45) is 0 Å². The third kappa shape index (κ3) is 4.12. The zero-order chi connectivity index (χ0) is 14.7. The fourth-order valence-electron chi connectivity index (χ4n) is 2.68. The van der Waals surface area contributed by atoms with Crippen LogP contribution in [-0.2, 0) is 5.75 Å².